The van der Waals surface area contributed by atoms with Crippen molar-refractivity contribution < 1.29 is 8.42 Å². The summed E-state index contributed by atoms with van der Waals surface area (Å²) in [4.78, 5) is 0. The molecule has 20 heavy (non-hydrogen) atoms. The number of H-pyrrole nitrogens is 1. The predicted molar refractivity (Wildman–Crippen MR) is 78.8 cm³/mol. The van der Waals surface area contributed by atoms with Gasteiger partial charge in [-0.25, -0.2) is 8.42 Å². The number of fused-ring (bicyclic) bond motifs is 1. The van der Waals surface area contributed by atoms with Crippen LogP contribution in [0.3, 0.4) is 0 Å². The zero-order valence-corrected chi connectivity index (χ0v) is 11.4. The van der Waals surface area contributed by atoms with E-state index in [0.29, 0.717) is 5.69 Å². The Morgan fingerprint density at radius 3 is 2.70 bits per heavy atom. The average Bonchev–Trinajstić information content (AvgIpc) is 2.86. The lowest BCUT2D eigenvalue weighted by molar-refractivity contribution is 0.600. The highest BCUT2D eigenvalue weighted by atomic mass is 32.2. The molecule has 3 aromatic rings. The molecule has 0 aliphatic rings. The summed E-state index contributed by atoms with van der Waals surface area (Å²) in [5.41, 5.74) is 2.16. The molecular weight excluding hydrogens is 274 g/mol. The lowest BCUT2D eigenvalue weighted by atomic mass is 10.2. The zero-order valence-electron chi connectivity index (χ0n) is 10.6. The van der Waals surface area contributed by atoms with Gasteiger partial charge in [0.15, 0.2) is 0 Å². The third-order valence-corrected chi connectivity index (χ3v) is 4.17. The van der Waals surface area contributed by atoms with Crippen molar-refractivity contribution in [3.63, 3.8) is 0 Å². The summed E-state index contributed by atoms with van der Waals surface area (Å²) >= 11 is 0. The first-order valence-corrected chi connectivity index (χ1v) is 7.75. The standard InChI is InChI=1S/C14H13N3O2S/c18-20(19,10-11-4-2-1-3-5-11)17-13-6-7-14-12(8-13)9-15-16-14/h1-9,17H,10H2,(H,15,16). The molecule has 0 saturated heterocycles. The summed E-state index contributed by atoms with van der Waals surface area (Å²) in [6.45, 7) is 0. The minimum Gasteiger partial charge on any atom is -0.283 e. The van der Waals surface area contributed by atoms with Crippen molar-refractivity contribution in [2.24, 2.45) is 0 Å². The number of rotatable bonds is 4. The second kappa shape index (κ2) is 4.97. The van der Waals surface area contributed by atoms with Crippen LogP contribution in [0.1, 0.15) is 5.56 Å². The highest BCUT2D eigenvalue weighted by Crippen LogP contribution is 2.18. The van der Waals surface area contributed by atoms with E-state index < -0.39 is 10.0 Å². The maximum Gasteiger partial charge on any atom is 0.236 e. The quantitative estimate of drug-likeness (QED) is 0.774. The fourth-order valence-corrected chi connectivity index (χ4v) is 3.21. The van der Waals surface area contributed by atoms with Crippen molar-refractivity contribution >= 4 is 26.6 Å². The van der Waals surface area contributed by atoms with Crippen molar-refractivity contribution in [2.75, 3.05) is 4.72 Å². The molecule has 0 fully saturated rings. The van der Waals surface area contributed by atoms with Gasteiger partial charge in [0.2, 0.25) is 10.0 Å². The van der Waals surface area contributed by atoms with Gasteiger partial charge >= 0.3 is 0 Å². The number of nitrogens with one attached hydrogen (secondary N) is 2. The van der Waals surface area contributed by atoms with Crippen LogP contribution in [0.5, 0.6) is 0 Å². The van der Waals surface area contributed by atoms with Gasteiger partial charge in [0.05, 0.1) is 17.5 Å². The molecule has 2 N–H and O–H groups in total. The van der Waals surface area contributed by atoms with Crippen LogP contribution >= 0.6 is 0 Å². The lowest BCUT2D eigenvalue weighted by Gasteiger charge is -2.08. The number of anilines is 1. The summed E-state index contributed by atoms with van der Waals surface area (Å²) < 4.78 is 26.8. The van der Waals surface area contributed by atoms with E-state index in [2.05, 4.69) is 14.9 Å². The SMILES string of the molecule is O=S(=O)(Cc1ccccc1)Nc1ccc2[nH]ncc2c1. The van der Waals surface area contributed by atoms with E-state index in [0.717, 1.165) is 16.5 Å². The van der Waals surface area contributed by atoms with Gasteiger partial charge in [-0.3, -0.25) is 9.82 Å². The van der Waals surface area contributed by atoms with E-state index >= 15 is 0 Å². The van der Waals surface area contributed by atoms with E-state index in [9.17, 15) is 8.42 Å². The number of aromatic nitrogens is 2. The molecular formula is C14H13N3O2S. The first-order valence-electron chi connectivity index (χ1n) is 6.10. The van der Waals surface area contributed by atoms with Crippen molar-refractivity contribution in [1.29, 1.82) is 0 Å². The van der Waals surface area contributed by atoms with Crippen molar-refractivity contribution in [1.82, 2.24) is 10.2 Å². The second-order valence-electron chi connectivity index (χ2n) is 4.52. The molecule has 0 bridgehead atoms. The first kappa shape index (κ1) is 12.7. The third kappa shape index (κ3) is 2.80. The number of hydrogen-bond acceptors (Lipinski definition) is 3. The lowest BCUT2D eigenvalue weighted by Crippen LogP contribution is -2.14. The number of nitrogens with zero attached hydrogens (tertiary/aromatic N) is 1. The third-order valence-electron chi connectivity index (χ3n) is 2.91. The molecule has 0 spiro atoms. The molecule has 102 valence electrons. The number of benzene rings is 2. The molecule has 6 heteroatoms. The van der Waals surface area contributed by atoms with Gasteiger partial charge in [-0.05, 0) is 23.8 Å². The van der Waals surface area contributed by atoms with Crippen LogP contribution in [-0.4, -0.2) is 18.6 Å². The fourth-order valence-electron chi connectivity index (χ4n) is 2.02. The van der Waals surface area contributed by atoms with Crippen molar-refractivity contribution in [3.8, 4) is 0 Å². The summed E-state index contributed by atoms with van der Waals surface area (Å²) in [5.74, 6) is -0.0444. The highest BCUT2D eigenvalue weighted by Gasteiger charge is 2.11. The molecule has 0 atom stereocenters. The molecule has 2 aromatic carbocycles. The van der Waals surface area contributed by atoms with E-state index in [1.807, 2.05) is 18.2 Å². The summed E-state index contributed by atoms with van der Waals surface area (Å²) in [7, 11) is -3.42. The predicted octanol–water partition coefficient (Wildman–Crippen LogP) is 2.50. The summed E-state index contributed by atoms with van der Waals surface area (Å²) in [5, 5.41) is 7.59. The van der Waals surface area contributed by atoms with Crippen molar-refractivity contribution in [3.05, 3.63) is 60.3 Å². The fraction of sp³-hybridized carbons (Fsp3) is 0.0714. The van der Waals surface area contributed by atoms with Crippen LogP contribution in [0.2, 0.25) is 0 Å². The van der Waals surface area contributed by atoms with Gasteiger partial charge in [-0.1, -0.05) is 30.3 Å². The maximum absolute atomic E-state index is 12.1. The second-order valence-corrected chi connectivity index (χ2v) is 6.24. The number of hydrogen-bond donors (Lipinski definition) is 2. The molecule has 3 rings (SSSR count). The molecule has 1 aromatic heterocycles. The van der Waals surface area contributed by atoms with Crippen LogP contribution in [0.15, 0.2) is 54.7 Å². The van der Waals surface area contributed by atoms with Crippen LogP contribution in [0, 0.1) is 0 Å². The van der Waals surface area contributed by atoms with Gasteiger partial charge in [-0.15, -0.1) is 0 Å². The molecule has 5 nitrogen and oxygen atoms in total. The number of sulfonamides is 1. The van der Waals surface area contributed by atoms with E-state index in [4.69, 9.17) is 0 Å². The average molecular weight is 287 g/mol. The Morgan fingerprint density at radius 2 is 1.90 bits per heavy atom. The Morgan fingerprint density at radius 1 is 1.10 bits per heavy atom. The molecule has 0 unspecified atom stereocenters. The van der Waals surface area contributed by atoms with Crippen LogP contribution in [0.25, 0.3) is 10.9 Å². The Balaban J connectivity index is 1.82. The van der Waals surface area contributed by atoms with Gasteiger partial charge in [0.1, 0.15) is 0 Å². The maximum atomic E-state index is 12.1. The van der Waals surface area contributed by atoms with Gasteiger partial charge in [0.25, 0.3) is 0 Å². The minimum absolute atomic E-state index is 0.0444. The first-order chi connectivity index (χ1) is 9.62. The largest absolute Gasteiger partial charge is 0.283 e. The summed E-state index contributed by atoms with van der Waals surface area (Å²) in [6.07, 6.45) is 1.66. The Hall–Kier alpha value is -2.34. The topological polar surface area (TPSA) is 74.8 Å². The minimum atomic E-state index is -3.42. The molecule has 0 aliphatic heterocycles. The molecule has 0 aliphatic carbocycles. The van der Waals surface area contributed by atoms with E-state index in [1.54, 1.807) is 36.5 Å². The monoisotopic (exact) mass is 287 g/mol. The Kier molecular flexibility index (Phi) is 3.15. The molecule has 1 heterocycles. The van der Waals surface area contributed by atoms with E-state index in [-0.39, 0.29) is 5.75 Å². The molecule has 0 radical (unpaired) electrons. The number of aromatic amines is 1. The van der Waals surface area contributed by atoms with Crippen LogP contribution in [0.4, 0.5) is 5.69 Å². The Bertz CT molecular complexity index is 826. The highest BCUT2D eigenvalue weighted by molar-refractivity contribution is 7.91. The van der Waals surface area contributed by atoms with Gasteiger partial charge in [0, 0.05) is 11.1 Å². The zero-order chi connectivity index (χ0) is 14.0. The van der Waals surface area contributed by atoms with Gasteiger partial charge < -0.3 is 0 Å². The molecule has 0 amide bonds. The van der Waals surface area contributed by atoms with Gasteiger partial charge in [-0.2, -0.15) is 5.10 Å². The smallest absolute Gasteiger partial charge is 0.236 e. The van der Waals surface area contributed by atoms with Crippen LogP contribution in [-0.2, 0) is 15.8 Å². The normalized spacial score (nSPS) is 11.6. The van der Waals surface area contributed by atoms with Crippen LogP contribution < -0.4 is 4.72 Å². The Labute approximate surface area is 116 Å². The van der Waals surface area contributed by atoms with Crippen molar-refractivity contribution in [2.45, 2.75) is 5.75 Å². The molecule has 0 saturated carbocycles. The summed E-state index contributed by atoms with van der Waals surface area (Å²) in [6, 6.07) is 14.3. The van der Waals surface area contributed by atoms with E-state index in [1.165, 1.54) is 0 Å².